The van der Waals surface area contributed by atoms with Gasteiger partial charge in [-0.25, -0.2) is 8.42 Å². The van der Waals surface area contributed by atoms with E-state index < -0.39 is 15.4 Å². The molecule has 202 valence electrons. The molecule has 5 rings (SSSR count). The summed E-state index contributed by atoms with van der Waals surface area (Å²) in [5.41, 5.74) is -0.298. The van der Waals surface area contributed by atoms with Crippen LogP contribution in [0.4, 0.5) is 0 Å². The summed E-state index contributed by atoms with van der Waals surface area (Å²) in [7, 11) is -1.53. The average molecular weight is 521 g/mol. The fraction of sp³-hybridized carbons (Fsp3) is 0.857. The Bertz CT molecular complexity index is 1100. The van der Waals surface area contributed by atoms with Crippen molar-refractivity contribution in [2.24, 2.45) is 40.4 Å². The molecule has 0 radical (unpaired) electrons. The van der Waals surface area contributed by atoms with Crippen LogP contribution < -0.4 is 0 Å². The Hall–Kier alpha value is -1.25. The molecular formula is C28H44N2O5S. The normalized spacial score (nSPS) is 42.4. The van der Waals surface area contributed by atoms with E-state index in [0.29, 0.717) is 23.7 Å². The van der Waals surface area contributed by atoms with Crippen LogP contribution >= 0.6 is 0 Å². The number of ether oxygens (including phenoxy) is 1. The number of aromatic nitrogens is 2. The highest BCUT2D eigenvalue weighted by Gasteiger charge is 2.62. The maximum Gasteiger partial charge on any atom is 0.178 e. The molecule has 4 aliphatic carbocycles. The predicted octanol–water partition coefficient (Wildman–Crippen LogP) is 4.28. The topological polar surface area (TPSA) is 98.5 Å². The molecule has 1 N–H and O–H groups in total. The molecule has 4 aliphatic rings. The monoisotopic (exact) mass is 520 g/mol. The van der Waals surface area contributed by atoms with Gasteiger partial charge >= 0.3 is 0 Å². The molecule has 4 saturated carbocycles. The molecule has 36 heavy (non-hydrogen) atoms. The minimum Gasteiger partial charge on any atom is -0.390 e. The van der Waals surface area contributed by atoms with E-state index in [1.54, 1.807) is 7.11 Å². The van der Waals surface area contributed by atoms with Gasteiger partial charge in [-0.05, 0) is 106 Å². The Morgan fingerprint density at radius 2 is 1.92 bits per heavy atom. The van der Waals surface area contributed by atoms with Gasteiger partial charge in [0.25, 0.3) is 0 Å². The molecule has 0 aromatic carbocycles. The van der Waals surface area contributed by atoms with E-state index in [4.69, 9.17) is 4.74 Å². The summed E-state index contributed by atoms with van der Waals surface area (Å²) in [5, 5.41) is 15.1. The van der Waals surface area contributed by atoms with Gasteiger partial charge in [0.2, 0.25) is 0 Å². The Morgan fingerprint density at radius 3 is 2.61 bits per heavy atom. The predicted molar refractivity (Wildman–Crippen MR) is 137 cm³/mol. The Morgan fingerprint density at radius 1 is 1.14 bits per heavy atom. The number of fused-ring (bicyclic) bond motifs is 5. The van der Waals surface area contributed by atoms with E-state index in [0.717, 1.165) is 58.0 Å². The molecular weight excluding hydrogens is 476 g/mol. The van der Waals surface area contributed by atoms with Gasteiger partial charge in [0, 0.05) is 32.1 Å². The van der Waals surface area contributed by atoms with E-state index in [1.807, 2.05) is 6.92 Å². The fourth-order valence-electron chi connectivity index (χ4n) is 9.45. The lowest BCUT2D eigenvalue weighted by molar-refractivity contribution is -0.163. The Balaban J connectivity index is 1.35. The molecule has 0 saturated heterocycles. The summed E-state index contributed by atoms with van der Waals surface area (Å²) in [6.45, 7) is 5.30. The zero-order chi connectivity index (χ0) is 25.9. The summed E-state index contributed by atoms with van der Waals surface area (Å²) in [6, 6.07) is 0. The van der Waals surface area contributed by atoms with Crippen LogP contribution in [0.5, 0.6) is 0 Å². The highest BCUT2D eigenvalue weighted by molar-refractivity contribution is 7.90. The van der Waals surface area contributed by atoms with Crippen LogP contribution in [0.25, 0.3) is 0 Å². The minimum atomic E-state index is -3.33. The number of hydrogen-bond acceptors (Lipinski definition) is 6. The molecule has 7 nitrogen and oxygen atoms in total. The first-order valence-corrected chi connectivity index (χ1v) is 15.8. The zero-order valence-corrected chi connectivity index (χ0v) is 23.2. The van der Waals surface area contributed by atoms with Crippen molar-refractivity contribution in [3.05, 3.63) is 12.4 Å². The molecule has 1 aromatic heterocycles. The SMILES string of the molecule is COCC[C@]12CC[C@@](C)(O)C[C@@H]1CC[C@H]1[C@@H]3CC[C@H](C(=O)Cn4cc(S(C)(=O)=O)cn4)[C@@]3(C)CC[C@@H]12. The fourth-order valence-corrected chi connectivity index (χ4v) is 10.00. The van der Waals surface area contributed by atoms with Crippen LogP contribution in [0.2, 0.25) is 0 Å². The van der Waals surface area contributed by atoms with Crippen LogP contribution in [0.15, 0.2) is 17.3 Å². The number of carbonyl (C=O) groups excluding carboxylic acids is 1. The molecule has 8 heteroatoms. The van der Waals surface area contributed by atoms with Crippen LogP contribution in [0.1, 0.15) is 78.1 Å². The van der Waals surface area contributed by atoms with Gasteiger partial charge in [-0.3, -0.25) is 9.48 Å². The second-order valence-electron chi connectivity index (χ2n) is 13.1. The minimum absolute atomic E-state index is 0.000504. The van der Waals surface area contributed by atoms with Crippen molar-refractivity contribution in [1.29, 1.82) is 0 Å². The van der Waals surface area contributed by atoms with Crippen LogP contribution in [0, 0.1) is 40.4 Å². The van der Waals surface area contributed by atoms with Gasteiger partial charge in [-0.2, -0.15) is 5.10 Å². The Kier molecular flexibility index (Phi) is 6.73. The van der Waals surface area contributed by atoms with Crippen molar-refractivity contribution in [3.63, 3.8) is 0 Å². The number of sulfone groups is 1. The zero-order valence-electron chi connectivity index (χ0n) is 22.4. The van der Waals surface area contributed by atoms with E-state index >= 15 is 0 Å². The molecule has 0 unspecified atom stereocenters. The van der Waals surface area contributed by atoms with Gasteiger partial charge in [-0.15, -0.1) is 0 Å². The lowest BCUT2D eigenvalue weighted by Gasteiger charge is -2.63. The average Bonchev–Trinajstić information content (AvgIpc) is 3.41. The number of aliphatic hydroxyl groups is 1. The highest BCUT2D eigenvalue weighted by Crippen LogP contribution is 2.69. The van der Waals surface area contributed by atoms with E-state index in [1.165, 1.54) is 36.2 Å². The Labute approximate surface area is 216 Å². The van der Waals surface area contributed by atoms with Crippen molar-refractivity contribution in [3.8, 4) is 0 Å². The summed E-state index contributed by atoms with van der Waals surface area (Å²) in [4.78, 5) is 13.7. The second kappa shape index (κ2) is 9.19. The lowest BCUT2D eigenvalue weighted by Crippen LogP contribution is -2.57. The number of nitrogens with zero attached hydrogens (tertiary/aromatic N) is 2. The van der Waals surface area contributed by atoms with Crippen LogP contribution in [0.3, 0.4) is 0 Å². The molecule has 4 fully saturated rings. The van der Waals surface area contributed by atoms with E-state index in [2.05, 4.69) is 12.0 Å². The first kappa shape index (κ1) is 26.4. The smallest absolute Gasteiger partial charge is 0.178 e. The van der Waals surface area contributed by atoms with Crippen LogP contribution in [-0.4, -0.2) is 54.7 Å². The first-order valence-electron chi connectivity index (χ1n) is 13.9. The van der Waals surface area contributed by atoms with Gasteiger partial charge in [0.1, 0.15) is 4.90 Å². The van der Waals surface area contributed by atoms with Gasteiger partial charge < -0.3 is 9.84 Å². The summed E-state index contributed by atoms with van der Waals surface area (Å²) in [6.07, 6.45) is 14.6. The molecule has 0 spiro atoms. The van der Waals surface area contributed by atoms with E-state index in [-0.39, 0.29) is 34.0 Å². The number of carbonyl (C=O) groups is 1. The molecule has 1 heterocycles. The van der Waals surface area contributed by atoms with Crippen molar-refractivity contribution in [2.45, 2.75) is 95.1 Å². The summed E-state index contributed by atoms with van der Waals surface area (Å²) >= 11 is 0. The van der Waals surface area contributed by atoms with E-state index in [9.17, 15) is 18.3 Å². The van der Waals surface area contributed by atoms with Gasteiger partial charge in [0.15, 0.2) is 15.6 Å². The number of rotatable bonds is 7. The molecule has 0 amide bonds. The third kappa shape index (κ3) is 4.39. The number of ketones is 1. The van der Waals surface area contributed by atoms with Crippen molar-refractivity contribution < 1.29 is 23.1 Å². The standard InChI is InChI=1S/C28H44N2O5S/c1-26(32)11-12-28(13-14-35-3)19(15-26)5-6-21-22-7-8-24(27(22,2)10-9-23(21)28)25(31)18-30-17-20(16-29-30)36(4,33)34/h16-17,19,21-24,32H,5-15,18H2,1-4H3/t19-,21-,22-,23-,24+,26+,27-,28+/m0/s1. The largest absolute Gasteiger partial charge is 0.390 e. The maximum atomic E-state index is 13.5. The van der Waals surface area contributed by atoms with Gasteiger partial charge in [-0.1, -0.05) is 6.92 Å². The van der Waals surface area contributed by atoms with Crippen LogP contribution in [-0.2, 0) is 25.9 Å². The first-order chi connectivity index (χ1) is 16.9. The molecule has 1 aromatic rings. The molecule has 0 bridgehead atoms. The second-order valence-corrected chi connectivity index (χ2v) is 15.1. The third-order valence-electron chi connectivity index (χ3n) is 11.2. The third-order valence-corrected chi connectivity index (χ3v) is 12.2. The number of methoxy groups -OCH3 is 1. The van der Waals surface area contributed by atoms with Crippen molar-refractivity contribution in [1.82, 2.24) is 9.78 Å². The highest BCUT2D eigenvalue weighted by atomic mass is 32.2. The number of hydrogen-bond donors (Lipinski definition) is 1. The number of Topliss-reactive ketones (excluding diaryl/α,β-unsaturated/α-hetero) is 1. The molecule has 0 aliphatic heterocycles. The van der Waals surface area contributed by atoms with Crippen molar-refractivity contribution >= 4 is 15.6 Å². The summed E-state index contributed by atoms with van der Waals surface area (Å²) < 4.78 is 30.8. The molecule has 8 atom stereocenters. The van der Waals surface area contributed by atoms with Gasteiger partial charge in [0.05, 0.1) is 18.3 Å². The maximum absolute atomic E-state index is 13.5. The quantitative estimate of drug-likeness (QED) is 0.576. The lowest BCUT2D eigenvalue weighted by atomic mass is 9.42. The summed E-state index contributed by atoms with van der Waals surface area (Å²) in [5.74, 6) is 2.60. The van der Waals surface area contributed by atoms with Crippen molar-refractivity contribution in [2.75, 3.05) is 20.0 Å².